The van der Waals surface area contributed by atoms with Crippen LogP contribution in [0.5, 0.6) is 0 Å². The Hall–Kier alpha value is -2.49. The highest BCUT2D eigenvalue weighted by Crippen LogP contribution is 2.31. The van der Waals surface area contributed by atoms with Crippen LogP contribution < -0.4 is 15.1 Å². The second kappa shape index (κ2) is 6.32. The molecule has 2 aromatic carbocycles. The molecular weight excluding hydrogens is 286 g/mol. The van der Waals surface area contributed by atoms with Gasteiger partial charge in [0.15, 0.2) is 0 Å². The number of anilines is 3. The minimum atomic E-state index is 0.110. The van der Waals surface area contributed by atoms with Crippen molar-refractivity contribution in [2.24, 2.45) is 0 Å². The third kappa shape index (κ3) is 3.16. The molecule has 4 nitrogen and oxygen atoms in total. The van der Waals surface area contributed by atoms with Gasteiger partial charge in [-0.2, -0.15) is 0 Å². The van der Waals surface area contributed by atoms with E-state index in [2.05, 4.69) is 23.2 Å². The molecule has 120 valence electrons. The van der Waals surface area contributed by atoms with E-state index in [1.807, 2.05) is 61.5 Å². The van der Waals surface area contributed by atoms with Crippen molar-refractivity contribution in [3.8, 4) is 0 Å². The van der Waals surface area contributed by atoms with E-state index in [4.69, 9.17) is 0 Å². The quantitative estimate of drug-likeness (QED) is 0.942. The lowest BCUT2D eigenvalue weighted by atomic mass is 10.1. The first-order valence-electron chi connectivity index (χ1n) is 7.97. The molecule has 1 N–H and O–H groups in total. The van der Waals surface area contributed by atoms with Crippen LogP contribution in [0.15, 0.2) is 48.5 Å². The summed E-state index contributed by atoms with van der Waals surface area (Å²) in [6, 6.07) is 16.5. The van der Waals surface area contributed by atoms with Crippen molar-refractivity contribution < 1.29 is 4.79 Å². The summed E-state index contributed by atoms with van der Waals surface area (Å²) >= 11 is 0. The number of carbonyl (C=O) groups excluding carboxylic acids is 1. The van der Waals surface area contributed by atoms with Gasteiger partial charge in [0.1, 0.15) is 0 Å². The number of nitrogens with one attached hydrogen (secondary N) is 1. The van der Waals surface area contributed by atoms with E-state index in [-0.39, 0.29) is 11.9 Å². The van der Waals surface area contributed by atoms with E-state index in [1.54, 1.807) is 0 Å². The second-order valence-electron chi connectivity index (χ2n) is 6.24. The van der Waals surface area contributed by atoms with E-state index < -0.39 is 0 Å². The topological polar surface area (TPSA) is 35.6 Å². The van der Waals surface area contributed by atoms with E-state index in [0.29, 0.717) is 6.54 Å². The summed E-state index contributed by atoms with van der Waals surface area (Å²) in [5, 5.41) is 3.23. The van der Waals surface area contributed by atoms with Crippen molar-refractivity contribution in [1.29, 1.82) is 0 Å². The number of benzene rings is 2. The van der Waals surface area contributed by atoms with Crippen LogP contribution in [0.2, 0.25) is 0 Å². The maximum atomic E-state index is 12.6. The van der Waals surface area contributed by atoms with Gasteiger partial charge >= 0.3 is 0 Å². The predicted molar refractivity (Wildman–Crippen MR) is 96.4 cm³/mol. The van der Waals surface area contributed by atoms with Gasteiger partial charge in [0, 0.05) is 37.2 Å². The van der Waals surface area contributed by atoms with Crippen LogP contribution in [0.4, 0.5) is 17.1 Å². The smallest absolute Gasteiger partial charge is 0.246 e. The monoisotopic (exact) mass is 309 g/mol. The lowest BCUT2D eigenvalue weighted by molar-refractivity contribution is -0.117. The molecule has 0 saturated heterocycles. The van der Waals surface area contributed by atoms with Gasteiger partial charge < -0.3 is 15.1 Å². The molecule has 2 aromatic rings. The van der Waals surface area contributed by atoms with Gasteiger partial charge in [-0.3, -0.25) is 4.79 Å². The van der Waals surface area contributed by atoms with Crippen LogP contribution in [0.25, 0.3) is 0 Å². The minimum Gasteiger partial charge on any atom is -0.378 e. The average Bonchev–Trinajstić information content (AvgIpc) is 2.88. The number of para-hydroxylation sites is 1. The maximum absolute atomic E-state index is 12.6. The van der Waals surface area contributed by atoms with Crippen molar-refractivity contribution in [1.82, 2.24) is 0 Å². The first-order chi connectivity index (χ1) is 11.1. The second-order valence-corrected chi connectivity index (χ2v) is 6.24. The Morgan fingerprint density at radius 1 is 1.17 bits per heavy atom. The fourth-order valence-corrected chi connectivity index (χ4v) is 3.09. The fourth-order valence-electron chi connectivity index (χ4n) is 3.09. The Labute approximate surface area is 137 Å². The number of carbonyl (C=O) groups is 1. The van der Waals surface area contributed by atoms with Crippen LogP contribution in [0, 0.1) is 0 Å². The molecule has 4 heteroatoms. The molecule has 1 amide bonds. The Kier molecular flexibility index (Phi) is 4.24. The molecule has 1 heterocycles. The number of hydrogen-bond donors (Lipinski definition) is 1. The average molecular weight is 309 g/mol. The van der Waals surface area contributed by atoms with E-state index >= 15 is 0 Å². The fraction of sp³-hybridized carbons (Fsp3) is 0.316. The Morgan fingerprint density at radius 2 is 1.87 bits per heavy atom. The van der Waals surface area contributed by atoms with Gasteiger partial charge in [-0.1, -0.05) is 18.2 Å². The summed E-state index contributed by atoms with van der Waals surface area (Å²) in [5.74, 6) is 0.110. The Morgan fingerprint density at radius 3 is 2.57 bits per heavy atom. The summed E-state index contributed by atoms with van der Waals surface area (Å²) in [5.41, 5.74) is 4.41. The summed E-state index contributed by atoms with van der Waals surface area (Å²) in [6.45, 7) is 2.41. The maximum Gasteiger partial charge on any atom is 0.246 e. The van der Waals surface area contributed by atoms with Crippen molar-refractivity contribution >= 4 is 23.0 Å². The number of nitrogens with zero attached hydrogens (tertiary/aromatic N) is 2. The summed E-state index contributed by atoms with van der Waals surface area (Å²) in [7, 11) is 4.02. The molecular formula is C19H23N3O. The molecule has 1 aliphatic heterocycles. The zero-order valence-corrected chi connectivity index (χ0v) is 13.9. The third-order valence-corrected chi connectivity index (χ3v) is 4.30. The first-order valence-corrected chi connectivity index (χ1v) is 7.97. The molecule has 0 saturated carbocycles. The number of rotatable bonds is 4. The van der Waals surface area contributed by atoms with Crippen LogP contribution in [0.3, 0.4) is 0 Å². The van der Waals surface area contributed by atoms with Crippen LogP contribution in [0.1, 0.15) is 12.5 Å². The van der Waals surface area contributed by atoms with Crippen molar-refractivity contribution in [3.63, 3.8) is 0 Å². The molecule has 0 radical (unpaired) electrons. The number of fused-ring (bicyclic) bond motifs is 1. The van der Waals surface area contributed by atoms with E-state index in [1.165, 1.54) is 5.56 Å². The standard InChI is InChI=1S/C19H23N3O/c1-14-12-15-6-4-5-7-18(15)22(14)19(23)13-20-16-8-10-17(11-9-16)21(2)3/h4-11,14,20H,12-13H2,1-3H3. The molecule has 1 aliphatic rings. The third-order valence-electron chi connectivity index (χ3n) is 4.30. The van der Waals surface area contributed by atoms with Crippen molar-refractivity contribution in [3.05, 3.63) is 54.1 Å². The number of amides is 1. The van der Waals surface area contributed by atoms with Crippen LogP contribution in [-0.2, 0) is 11.2 Å². The lowest BCUT2D eigenvalue weighted by Gasteiger charge is -2.23. The lowest BCUT2D eigenvalue weighted by Crippen LogP contribution is -2.39. The zero-order valence-electron chi connectivity index (χ0n) is 13.9. The van der Waals surface area contributed by atoms with Crippen LogP contribution in [-0.4, -0.2) is 32.6 Å². The van der Waals surface area contributed by atoms with Crippen molar-refractivity contribution in [2.45, 2.75) is 19.4 Å². The molecule has 3 rings (SSSR count). The largest absolute Gasteiger partial charge is 0.378 e. The van der Waals surface area contributed by atoms with Crippen molar-refractivity contribution in [2.75, 3.05) is 35.8 Å². The minimum absolute atomic E-state index is 0.110. The predicted octanol–water partition coefficient (Wildman–Crippen LogP) is 3.14. The number of hydrogen-bond acceptors (Lipinski definition) is 3. The summed E-state index contributed by atoms with van der Waals surface area (Å²) in [6.07, 6.45) is 0.930. The highest BCUT2D eigenvalue weighted by atomic mass is 16.2. The Balaban J connectivity index is 1.66. The molecule has 0 aliphatic carbocycles. The molecule has 1 unspecified atom stereocenters. The van der Waals surface area contributed by atoms with Gasteiger partial charge in [0.25, 0.3) is 0 Å². The van der Waals surface area contributed by atoms with E-state index in [0.717, 1.165) is 23.5 Å². The van der Waals surface area contributed by atoms with Gasteiger partial charge in [0.2, 0.25) is 5.91 Å². The highest BCUT2D eigenvalue weighted by molar-refractivity contribution is 5.98. The summed E-state index contributed by atoms with van der Waals surface area (Å²) < 4.78 is 0. The molecule has 0 fully saturated rings. The van der Waals surface area contributed by atoms with Gasteiger partial charge in [-0.15, -0.1) is 0 Å². The Bertz CT molecular complexity index is 694. The highest BCUT2D eigenvalue weighted by Gasteiger charge is 2.30. The molecule has 1 atom stereocenters. The van der Waals surface area contributed by atoms with Crippen LogP contribution >= 0.6 is 0 Å². The normalized spacial score (nSPS) is 16.1. The SMILES string of the molecule is CC1Cc2ccccc2N1C(=O)CNc1ccc(N(C)C)cc1. The molecule has 0 spiro atoms. The molecule has 23 heavy (non-hydrogen) atoms. The molecule has 0 bridgehead atoms. The zero-order chi connectivity index (χ0) is 16.4. The van der Waals surface area contributed by atoms with Gasteiger partial charge in [-0.25, -0.2) is 0 Å². The van der Waals surface area contributed by atoms with Gasteiger partial charge in [0.05, 0.1) is 6.54 Å². The van der Waals surface area contributed by atoms with Gasteiger partial charge in [-0.05, 0) is 49.2 Å². The molecule has 0 aromatic heterocycles. The first kappa shape index (κ1) is 15.4. The summed E-state index contributed by atoms with van der Waals surface area (Å²) in [4.78, 5) is 16.6. The van der Waals surface area contributed by atoms with E-state index in [9.17, 15) is 4.79 Å².